The van der Waals surface area contributed by atoms with Crippen molar-refractivity contribution in [2.75, 3.05) is 7.11 Å². The molecular formula is C14H20FNO2. The third kappa shape index (κ3) is 3.00. The van der Waals surface area contributed by atoms with E-state index in [0.29, 0.717) is 12.1 Å². The summed E-state index contributed by atoms with van der Waals surface area (Å²) in [6.45, 7) is 1.98. The van der Waals surface area contributed by atoms with Gasteiger partial charge >= 0.3 is 0 Å². The minimum atomic E-state index is -0.413. The van der Waals surface area contributed by atoms with Crippen molar-refractivity contribution in [3.05, 3.63) is 29.6 Å². The average molecular weight is 253 g/mol. The van der Waals surface area contributed by atoms with Gasteiger partial charge in [-0.25, -0.2) is 4.39 Å². The van der Waals surface area contributed by atoms with Gasteiger partial charge in [0, 0.05) is 30.8 Å². The molecule has 3 unspecified atom stereocenters. The van der Waals surface area contributed by atoms with Crippen molar-refractivity contribution in [3.63, 3.8) is 0 Å². The first kappa shape index (κ1) is 13.3. The molecule has 0 heterocycles. The van der Waals surface area contributed by atoms with Gasteiger partial charge in [0.2, 0.25) is 0 Å². The normalized spacial score (nSPS) is 25.3. The maximum atomic E-state index is 12.9. The van der Waals surface area contributed by atoms with Gasteiger partial charge in [0.05, 0.1) is 6.10 Å². The van der Waals surface area contributed by atoms with Gasteiger partial charge in [-0.2, -0.15) is 0 Å². The number of hydrogen-bond acceptors (Lipinski definition) is 3. The molecule has 0 saturated heterocycles. The van der Waals surface area contributed by atoms with Crippen molar-refractivity contribution < 1.29 is 14.2 Å². The molecule has 3 atom stereocenters. The average Bonchev–Trinajstić information content (AvgIpc) is 2.76. The molecule has 1 fully saturated rings. The molecule has 0 bridgehead atoms. The van der Waals surface area contributed by atoms with Crippen LogP contribution >= 0.6 is 0 Å². The maximum absolute atomic E-state index is 12.9. The number of halogens is 1. The van der Waals surface area contributed by atoms with E-state index in [1.807, 2.05) is 6.92 Å². The molecule has 4 heteroatoms. The summed E-state index contributed by atoms with van der Waals surface area (Å²) < 4.78 is 18.2. The Morgan fingerprint density at radius 1 is 1.44 bits per heavy atom. The zero-order valence-corrected chi connectivity index (χ0v) is 10.8. The Morgan fingerprint density at radius 2 is 2.22 bits per heavy atom. The molecule has 2 N–H and O–H groups in total. The molecule has 0 aromatic heterocycles. The second-order valence-corrected chi connectivity index (χ2v) is 4.96. The second kappa shape index (κ2) is 5.67. The van der Waals surface area contributed by atoms with Crippen molar-refractivity contribution in [1.82, 2.24) is 5.32 Å². The van der Waals surface area contributed by atoms with Crippen LogP contribution < -0.4 is 5.32 Å². The zero-order valence-electron chi connectivity index (χ0n) is 10.8. The summed E-state index contributed by atoms with van der Waals surface area (Å²) >= 11 is 0. The fraction of sp³-hybridized carbons (Fsp3) is 0.571. The van der Waals surface area contributed by atoms with Crippen molar-refractivity contribution in [2.24, 2.45) is 0 Å². The van der Waals surface area contributed by atoms with E-state index in [0.717, 1.165) is 30.9 Å². The molecule has 1 aliphatic carbocycles. The first-order valence-corrected chi connectivity index (χ1v) is 6.37. The number of nitrogens with one attached hydrogen (secondary N) is 1. The molecule has 18 heavy (non-hydrogen) atoms. The highest BCUT2D eigenvalue weighted by molar-refractivity contribution is 5.34. The van der Waals surface area contributed by atoms with Gasteiger partial charge in [0.1, 0.15) is 11.6 Å². The van der Waals surface area contributed by atoms with Crippen LogP contribution in [-0.4, -0.2) is 24.4 Å². The van der Waals surface area contributed by atoms with Crippen LogP contribution in [0.25, 0.3) is 0 Å². The molecule has 3 nitrogen and oxygen atoms in total. The first-order valence-electron chi connectivity index (χ1n) is 6.37. The quantitative estimate of drug-likeness (QED) is 0.867. The number of phenolic OH excluding ortho intramolecular Hbond substituents is 1. The van der Waals surface area contributed by atoms with E-state index in [1.54, 1.807) is 13.2 Å². The number of ether oxygens (including phenoxy) is 1. The number of hydrogen-bond donors (Lipinski definition) is 2. The monoisotopic (exact) mass is 253 g/mol. The summed E-state index contributed by atoms with van der Waals surface area (Å²) in [7, 11) is 1.74. The number of methoxy groups -OCH3 is 1. The van der Waals surface area contributed by atoms with Crippen molar-refractivity contribution in [3.8, 4) is 5.75 Å². The SMILES string of the molecule is COC1CCC(NC(C)c2ccc(F)cc2O)C1. The molecule has 2 rings (SSSR count). The van der Waals surface area contributed by atoms with Gasteiger partial charge in [0.25, 0.3) is 0 Å². The second-order valence-electron chi connectivity index (χ2n) is 4.96. The van der Waals surface area contributed by atoms with E-state index in [-0.39, 0.29) is 11.8 Å². The third-order valence-electron chi connectivity index (χ3n) is 3.66. The van der Waals surface area contributed by atoms with Gasteiger partial charge < -0.3 is 15.2 Å². The van der Waals surface area contributed by atoms with Crippen molar-refractivity contribution >= 4 is 0 Å². The lowest BCUT2D eigenvalue weighted by atomic mass is 10.1. The Kier molecular flexibility index (Phi) is 4.19. The summed E-state index contributed by atoms with van der Waals surface area (Å²) in [4.78, 5) is 0. The van der Waals surface area contributed by atoms with Gasteiger partial charge in [0.15, 0.2) is 0 Å². The van der Waals surface area contributed by atoms with Crippen LogP contribution in [0.4, 0.5) is 4.39 Å². The van der Waals surface area contributed by atoms with Gasteiger partial charge in [-0.1, -0.05) is 6.07 Å². The number of aromatic hydroxyl groups is 1. The summed E-state index contributed by atoms with van der Waals surface area (Å²) in [5.74, 6) is -0.403. The zero-order chi connectivity index (χ0) is 13.1. The number of phenols is 1. The van der Waals surface area contributed by atoms with Crippen LogP contribution in [0, 0.1) is 5.82 Å². The minimum Gasteiger partial charge on any atom is -0.508 e. The highest BCUT2D eigenvalue weighted by atomic mass is 19.1. The fourth-order valence-corrected chi connectivity index (χ4v) is 2.63. The van der Waals surface area contributed by atoms with E-state index in [4.69, 9.17) is 4.74 Å². The summed E-state index contributed by atoms with van der Waals surface area (Å²) in [6.07, 6.45) is 3.46. The van der Waals surface area contributed by atoms with Gasteiger partial charge in [-0.15, -0.1) is 0 Å². The minimum absolute atomic E-state index is 0.00575. The van der Waals surface area contributed by atoms with E-state index < -0.39 is 5.82 Å². The largest absolute Gasteiger partial charge is 0.508 e. The predicted molar refractivity (Wildman–Crippen MR) is 68.1 cm³/mol. The Hall–Kier alpha value is -1.13. The molecule has 1 aromatic carbocycles. The molecule has 0 amide bonds. The molecule has 1 aromatic rings. The molecule has 100 valence electrons. The number of rotatable bonds is 4. The number of benzene rings is 1. The highest BCUT2D eigenvalue weighted by Gasteiger charge is 2.26. The fourth-order valence-electron chi connectivity index (χ4n) is 2.63. The van der Waals surface area contributed by atoms with E-state index >= 15 is 0 Å². The van der Waals surface area contributed by atoms with E-state index in [1.165, 1.54) is 6.07 Å². The topological polar surface area (TPSA) is 41.5 Å². The Labute approximate surface area is 107 Å². The standard InChI is InChI=1S/C14H20FNO2/c1-9(13-6-3-10(15)7-14(13)17)16-11-4-5-12(8-11)18-2/h3,6-7,9,11-12,16-17H,4-5,8H2,1-2H3. The van der Waals surface area contributed by atoms with E-state index in [9.17, 15) is 9.50 Å². The first-order chi connectivity index (χ1) is 8.60. The Balaban J connectivity index is 1.97. The molecule has 1 saturated carbocycles. The summed E-state index contributed by atoms with van der Waals surface area (Å²) in [6, 6.07) is 4.56. The third-order valence-corrected chi connectivity index (χ3v) is 3.66. The summed E-state index contributed by atoms with van der Waals surface area (Å²) in [5, 5.41) is 13.2. The van der Waals surface area contributed by atoms with Crippen LogP contribution in [0.1, 0.15) is 37.8 Å². The van der Waals surface area contributed by atoms with Crippen LogP contribution in [0.3, 0.4) is 0 Å². The molecule has 0 spiro atoms. The summed E-state index contributed by atoms with van der Waals surface area (Å²) in [5.41, 5.74) is 0.734. The lowest BCUT2D eigenvalue weighted by Crippen LogP contribution is -2.30. The maximum Gasteiger partial charge on any atom is 0.126 e. The van der Waals surface area contributed by atoms with Gasteiger partial charge in [-0.05, 0) is 32.3 Å². The Bertz CT molecular complexity index is 411. The smallest absolute Gasteiger partial charge is 0.126 e. The van der Waals surface area contributed by atoms with Crippen LogP contribution in [0.5, 0.6) is 5.75 Å². The van der Waals surface area contributed by atoms with Crippen molar-refractivity contribution in [2.45, 2.75) is 44.4 Å². The predicted octanol–water partition coefficient (Wildman–Crippen LogP) is 2.75. The molecule has 0 radical (unpaired) electrons. The van der Waals surface area contributed by atoms with Gasteiger partial charge in [-0.3, -0.25) is 0 Å². The van der Waals surface area contributed by atoms with Crippen LogP contribution in [-0.2, 0) is 4.74 Å². The van der Waals surface area contributed by atoms with Crippen molar-refractivity contribution in [1.29, 1.82) is 0 Å². The van der Waals surface area contributed by atoms with Crippen LogP contribution in [0.2, 0.25) is 0 Å². The van der Waals surface area contributed by atoms with Crippen LogP contribution in [0.15, 0.2) is 18.2 Å². The lowest BCUT2D eigenvalue weighted by molar-refractivity contribution is 0.106. The highest BCUT2D eigenvalue weighted by Crippen LogP contribution is 2.28. The molecular weight excluding hydrogens is 233 g/mol. The van der Waals surface area contributed by atoms with E-state index in [2.05, 4.69) is 5.32 Å². The molecule has 1 aliphatic rings. The lowest BCUT2D eigenvalue weighted by Gasteiger charge is -2.20. The Morgan fingerprint density at radius 3 is 2.83 bits per heavy atom. The molecule has 0 aliphatic heterocycles.